The number of hydrogen-bond donors (Lipinski definition) is 1. The van der Waals surface area contributed by atoms with Crippen LogP contribution in [0.5, 0.6) is 0 Å². The van der Waals surface area contributed by atoms with E-state index >= 15 is 0 Å². The lowest BCUT2D eigenvalue weighted by Crippen LogP contribution is -2.28. The molecule has 5 nitrogen and oxygen atoms in total. The van der Waals surface area contributed by atoms with E-state index in [-0.39, 0.29) is 12.1 Å². The fourth-order valence-electron chi connectivity index (χ4n) is 3.89. The number of benzene rings is 3. The van der Waals surface area contributed by atoms with Crippen LogP contribution in [0, 0.1) is 11.3 Å². The fourth-order valence-corrected chi connectivity index (χ4v) is 4.23. The number of para-hydroxylation sites is 1. The van der Waals surface area contributed by atoms with E-state index in [0.29, 0.717) is 38.1 Å². The Morgan fingerprint density at radius 1 is 1.05 bits per heavy atom. The molecule has 37 heavy (non-hydrogen) atoms. The summed E-state index contributed by atoms with van der Waals surface area (Å²) in [5.74, 6) is -0.585. The lowest BCUT2D eigenvalue weighted by Gasteiger charge is -2.15. The van der Waals surface area contributed by atoms with Gasteiger partial charge in [0.15, 0.2) is 5.69 Å². The Morgan fingerprint density at radius 2 is 1.70 bits per heavy atom. The highest BCUT2D eigenvalue weighted by atomic mass is 35.5. The molecule has 0 fully saturated rings. The predicted octanol–water partition coefficient (Wildman–Crippen LogP) is 7.42. The maximum Gasteiger partial charge on any atom is 0.416 e. The van der Waals surface area contributed by atoms with E-state index < -0.39 is 23.7 Å². The Morgan fingerprint density at radius 3 is 2.30 bits per heavy atom. The highest BCUT2D eigenvalue weighted by molar-refractivity contribution is 6.32. The van der Waals surface area contributed by atoms with Crippen molar-refractivity contribution in [3.63, 3.8) is 0 Å². The molecule has 4 aromatic rings. The maximum absolute atomic E-state index is 13.4. The average Bonchev–Trinajstić information content (AvgIpc) is 3.23. The van der Waals surface area contributed by atoms with E-state index in [1.807, 2.05) is 0 Å². The Balaban J connectivity index is 1.77. The summed E-state index contributed by atoms with van der Waals surface area (Å²) in [7, 11) is 0. The van der Waals surface area contributed by atoms with Crippen LogP contribution in [0.1, 0.15) is 40.1 Å². The van der Waals surface area contributed by atoms with Gasteiger partial charge in [-0.25, -0.2) is 4.68 Å². The first-order valence-electron chi connectivity index (χ1n) is 11.1. The third-order valence-electron chi connectivity index (χ3n) is 5.74. The number of carbonyl (C=O) groups excluding carboxylic acids is 1. The van der Waals surface area contributed by atoms with Crippen LogP contribution in [0.3, 0.4) is 0 Å². The minimum Gasteiger partial charge on any atom is -0.344 e. The molecule has 0 aliphatic heterocycles. The first-order valence-corrected chi connectivity index (χ1v) is 11.8. The maximum atomic E-state index is 13.4. The summed E-state index contributed by atoms with van der Waals surface area (Å²) < 4.78 is 40.3. The van der Waals surface area contributed by atoms with Crippen LogP contribution < -0.4 is 5.32 Å². The number of hydrogen-bond acceptors (Lipinski definition) is 3. The zero-order valence-electron chi connectivity index (χ0n) is 19.4. The van der Waals surface area contributed by atoms with Gasteiger partial charge in [-0.1, -0.05) is 59.6 Å². The first kappa shape index (κ1) is 26.3. The summed E-state index contributed by atoms with van der Waals surface area (Å²) in [4.78, 5) is 13.4. The summed E-state index contributed by atoms with van der Waals surface area (Å²) in [6, 6.07) is 19.8. The Hall–Kier alpha value is -3.80. The molecular formula is C27H19Cl2F3N4O. The summed E-state index contributed by atoms with van der Waals surface area (Å²) >= 11 is 12.5. The van der Waals surface area contributed by atoms with Crippen LogP contribution in [-0.2, 0) is 12.6 Å². The molecule has 0 saturated heterocycles. The van der Waals surface area contributed by atoms with Gasteiger partial charge >= 0.3 is 6.18 Å². The van der Waals surface area contributed by atoms with Crippen LogP contribution in [0.15, 0.2) is 72.8 Å². The van der Waals surface area contributed by atoms with Gasteiger partial charge in [-0.05, 0) is 48.9 Å². The second kappa shape index (κ2) is 10.7. The topological polar surface area (TPSA) is 70.7 Å². The molecule has 0 unspecified atom stereocenters. The highest BCUT2D eigenvalue weighted by Gasteiger charge is 2.30. The predicted molar refractivity (Wildman–Crippen MR) is 136 cm³/mol. The van der Waals surface area contributed by atoms with Crippen LogP contribution >= 0.6 is 23.2 Å². The van der Waals surface area contributed by atoms with Crippen LogP contribution in [0.4, 0.5) is 13.2 Å². The minimum atomic E-state index is -4.46. The smallest absolute Gasteiger partial charge is 0.344 e. The van der Waals surface area contributed by atoms with Crippen molar-refractivity contribution in [2.75, 3.05) is 0 Å². The molecule has 1 atom stereocenters. The van der Waals surface area contributed by atoms with E-state index in [9.17, 15) is 23.2 Å². The lowest BCUT2D eigenvalue weighted by atomic mass is 10.0. The van der Waals surface area contributed by atoms with E-state index in [2.05, 4.69) is 16.5 Å². The van der Waals surface area contributed by atoms with E-state index in [1.54, 1.807) is 55.5 Å². The molecule has 0 saturated carbocycles. The van der Waals surface area contributed by atoms with E-state index in [4.69, 9.17) is 23.2 Å². The molecule has 1 N–H and O–H groups in total. The molecule has 0 aliphatic rings. The summed E-state index contributed by atoms with van der Waals surface area (Å²) in [6.45, 7) is 1.65. The zero-order valence-corrected chi connectivity index (χ0v) is 20.9. The van der Waals surface area contributed by atoms with Crippen molar-refractivity contribution in [3.8, 4) is 23.0 Å². The van der Waals surface area contributed by atoms with E-state index in [1.165, 1.54) is 16.8 Å². The molecular weight excluding hydrogens is 524 g/mol. The van der Waals surface area contributed by atoms with Gasteiger partial charge in [0.2, 0.25) is 0 Å². The summed E-state index contributed by atoms with van der Waals surface area (Å²) in [6.07, 6.45) is -4.58. The molecule has 0 radical (unpaired) electrons. The second-order valence-electron chi connectivity index (χ2n) is 8.20. The SMILES string of the molecule is C[C@@H](NC(=O)c1nn(-c2ccccc2Cl)c(-c2ccc(Cl)cc2)c1CC#N)c1ccc(C(F)(F)F)cc1. The van der Waals surface area contributed by atoms with Crippen molar-refractivity contribution in [2.24, 2.45) is 0 Å². The van der Waals surface area contributed by atoms with Gasteiger partial charge in [0.25, 0.3) is 5.91 Å². The molecule has 1 amide bonds. The van der Waals surface area contributed by atoms with Crippen molar-refractivity contribution in [1.29, 1.82) is 5.26 Å². The molecule has 10 heteroatoms. The van der Waals surface area contributed by atoms with Crippen molar-refractivity contribution < 1.29 is 18.0 Å². The van der Waals surface area contributed by atoms with Crippen LogP contribution in [-0.4, -0.2) is 15.7 Å². The normalized spacial score (nSPS) is 12.1. The number of nitriles is 1. The Labute approximate surface area is 221 Å². The van der Waals surface area contributed by atoms with Gasteiger partial charge in [-0.3, -0.25) is 4.79 Å². The second-order valence-corrected chi connectivity index (χ2v) is 9.04. The monoisotopic (exact) mass is 542 g/mol. The van der Waals surface area contributed by atoms with Crippen molar-refractivity contribution in [2.45, 2.75) is 25.6 Å². The summed E-state index contributed by atoms with van der Waals surface area (Å²) in [5.41, 5.74) is 1.74. The molecule has 0 spiro atoms. The highest BCUT2D eigenvalue weighted by Crippen LogP contribution is 2.34. The Bertz CT molecular complexity index is 1470. The Kier molecular flexibility index (Phi) is 7.58. The number of halogens is 5. The summed E-state index contributed by atoms with van der Waals surface area (Å²) in [5, 5.41) is 17.8. The van der Waals surface area contributed by atoms with Gasteiger partial charge in [-0.15, -0.1) is 0 Å². The van der Waals surface area contributed by atoms with Gasteiger partial charge in [0.05, 0.1) is 40.5 Å². The number of alkyl halides is 3. The lowest BCUT2D eigenvalue weighted by molar-refractivity contribution is -0.137. The molecule has 4 rings (SSSR count). The molecule has 0 aliphatic carbocycles. The van der Waals surface area contributed by atoms with Gasteiger partial charge in [0, 0.05) is 16.1 Å². The molecule has 1 heterocycles. The molecule has 0 bridgehead atoms. The zero-order chi connectivity index (χ0) is 26.7. The first-order chi connectivity index (χ1) is 17.6. The third-order valence-corrected chi connectivity index (χ3v) is 6.31. The molecule has 188 valence electrons. The molecule has 3 aromatic carbocycles. The van der Waals surface area contributed by atoms with Gasteiger partial charge in [0.1, 0.15) is 0 Å². The largest absolute Gasteiger partial charge is 0.416 e. The van der Waals surface area contributed by atoms with Crippen molar-refractivity contribution in [3.05, 3.63) is 105 Å². The third kappa shape index (κ3) is 5.63. The number of nitrogens with zero attached hydrogens (tertiary/aromatic N) is 3. The van der Waals surface area contributed by atoms with Gasteiger partial charge in [-0.2, -0.15) is 23.5 Å². The van der Waals surface area contributed by atoms with E-state index in [0.717, 1.165) is 12.1 Å². The van der Waals surface area contributed by atoms with Crippen LogP contribution in [0.25, 0.3) is 16.9 Å². The van der Waals surface area contributed by atoms with Crippen molar-refractivity contribution in [1.82, 2.24) is 15.1 Å². The number of carbonyl (C=O) groups is 1. The van der Waals surface area contributed by atoms with Crippen molar-refractivity contribution >= 4 is 29.1 Å². The fraction of sp³-hybridized carbons (Fsp3) is 0.148. The number of aromatic nitrogens is 2. The number of rotatable bonds is 6. The van der Waals surface area contributed by atoms with Crippen LogP contribution in [0.2, 0.25) is 10.0 Å². The molecule has 1 aromatic heterocycles. The average molecular weight is 543 g/mol. The standard InChI is InChI=1S/C27H19Cl2F3N4O/c1-16(17-6-10-19(11-7-17)27(30,31)32)34-26(37)24-21(14-15-33)25(18-8-12-20(28)13-9-18)36(35-24)23-5-3-2-4-22(23)29/h2-13,16H,14H2,1H3,(H,34,37)/t16-/m1/s1. The number of nitrogens with one attached hydrogen (secondary N) is 1. The quantitative estimate of drug-likeness (QED) is 0.275. The van der Waals surface area contributed by atoms with Gasteiger partial charge < -0.3 is 5.32 Å². The minimum absolute atomic E-state index is 0.00480. The number of amides is 1.